The van der Waals surface area contributed by atoms with Crippen LogP contribution in [-0.4, -0.2) is 140 Å². The predicted octanol–water partition coefficient (Wildman–Crippen LogP) is 13.2. The lowest BCUT2D eigenvalue weighted by Crippen LogP contribution is -2.65. The zero-order valence-electron chi connectivity index (χ0n) is 52.6. The van der Waals surface area contributed by atoms with E-state index in [1.54, 1.807) is 6.08 Å². The molecule has 0 spiro atoms. The maximum absolute atomic E-state index is 13.3. The summed E-state index contributed by atoms with van der Waals surface area (Å²) in [5.41, 5.74) is 0. The highest BCUT2D eigenvalue weighted by Gasteiger charge is 2.51. The molecule has 2 heterocycles. The molecule has 2 aliphatic heterocycles. The van der Waals surface area contributed by atoms with Crippen LogP contribution in [0.25, 0.3) is 0 Å². The van der Waals surface area contributed by atoms with Crippen molar-refractivity contribution in [2.45, 2.75) is 331 Å². The number of hydrogen-bond acceptors (Lipinski definition) is 13. The molecule has 14 heteroatoms. The Morgan fingerprint density at radius 1 is 0.440 bits per heavy atom. The van der Waals surface area contributed by atoms with Crippen molar-refractivity contribution >= 4 is 5.91 Å². The fourth-order valence-electron chi connectivity index (χ4n) is 10.7. The summed E-state index contributed by atoms with van der Waals surface area (Å²) in [6.07, 6.45) is 57.6. The number of rotatable bonds is 54. The van der Waals surface area contributed by atoms with Crippen molar-refractivity contribution < 1.29 is 64.6 Å². The molecular weight excluding hydrogens is 1060 g/mol. The first-order valence-corrected chi connectivity index (χ1v) is 33.8. The van der Waals surface area contributed by atoms with E-state index in [1.807, 2.05) is 6.08 Å². The lowest BCUT2D eigenvalue weighted by Gasteiger charge is -2.46. The van der Waals surface area contributed by atoms with E-state index in [2.05, 4.69) is 92.1 Å². The molecule has 2 aliphatic rings. The van der Waals surface area contributed by atoms with Crippen LogP contribution in [-0.2, 0) is 23.7 Å². The van der Waals surface area contributed by atoms with Crippen LogP contribution in [0.2, 0.25) is 0 Å². The minimum absolute atomic E-state index is 0.255. The Kier molecular flexibility index (Phi) is 50.0. The van der Waals surface area contributed by atoms with Crippen LogP contribution in [0, 0.1) is 0 Å². The average Bonchev–Trinajstić information content (AvgIpc) is 3.18. The van der Waals surface area contributed by atoms with Crippen molar-refractivity contribution in [1.29, 1.82) is 0 Å². The topological polar surface area (TPSA) is 228 Å². The van der Waals surface area contributed by atoms with E-state index >= 15 is 0 Å². The number of aliphatic hydroxyl groups excluding tert-OH is 8. The molecule has 0 radical (unpaired) electrons. The van der Waals surface area contributed by atoms with E-state index in [-0.39, 0.29) is 18.9 Å². The van der Waals surface area contributed by atoms with Crippen LogP contribution in [0.15, 0.2) is 85.1 Å². The smallest absolute Gasteiger partial charge is 0.220 e. The molecule has 84 heavy (non-hydrogen) atoms. The highest BCUT2D eigenvalue weighted by atomic mass is 16.7. The molecule has 0 aliphatic carbocycles. The molecule has 0 saturated carbocycles. The number of carbonyl (C=O) groups excluding carboxylic acids is 1. The van der Waals surface area contributed by atoms with Gasteiger partial charge in [-0.15, -0.1) is 0 Å². The third kappa shape index (κ3) is 38.4. The monoisotopic (exact) mass is 1190 g/mol. The maximum atomic E-state index is 13.3. The van der Waals surface area contributed by atoms with Gasteiger partial charge in [0.2, 0.25) is 5.91 Å². The molecule has 0 aromatic rings. The van der Waals surface area contributed by atoms with E-state index in [4.69, 9.17) is 18.9 Å². The van der Waals surface area contributed by atoms with Crippen LogP contribution < -0.4 is 5.32 Å². The number of carbonyl (C=O) groups is 1. The summed E-state index contributed by atoms with van der Waals surface area (Å²) in [6.45, 7) is 2.69. The van der Waals surface area contributed by atoms with Crippen molar-refractivity contribution in [3.05, 3.63) is 85.1 Å². The van der Waals surface area contributed by atoms with Gasteiger partial charge >= 0.3 is 0 Å². The number of amides is 1. The van der Waals surface area contributed by atoms with Crippen LogP contribution in [0.4, 0.5) is 0 Å². The standard InChI is InChI=1S/C70H123NO13/c1-3-5-7-9-11-13-15-17-19-21-23-25-27-29-31-33-35-37-39-41-43-45-47-49-51-53-59(74)58(57-81-69-67(80)65(78)68(61(56-73)83-69)84-70-66(79)64(77)63(76)60(55-72)82-70)71-62(75)54-52-50-48-46-44-42-40-38-36-34-32-30-28-26-24-22-20-18-16-14-12-10-8-6-4-2/h6,8,12,14,18,20,24,26,30,32,36,38,51,53,58-61,63-70,72-74,76-80H,3-5,7,9-11,13,15-17,19,21-23,25,27-29,31,33-35,37,39-50,52,54-57H2,1-2H3,(H,71,75)/b8-6-,14-12-,20-18-,26-24-,32-30-,38-36-,53-51+. The average molecular weight is 1190 g/mol. The van der Waals surface area contributed by atoms with Gasteiger partial charge in [-0.3, -0.25) is 4.79 Å². The summed E-state index contributed by atoms with van der Waals surface area (Å²) in [7, 11) is 0. The molecule has 486 valence electrons. The summed E-state index contributed by atoms with van der Waals surface area (Å²) in [6, 6.07) is -0.930. The van der Waals surface area contributed by atoms with Gasteiger partial charge in [0, 0.05) is 6.42 Å². The Hall–Kier alpha value is -2.83. The van der Waals surface area contributed by atoms with E-state index in [0.717, 1.165) is 96.3 Å². The molecule has 9 N–H and O–H groups in total. The maximum Gasteiger partial charge on any atom is 0.220 e. The SMILES string of the molecule is CC/C=C\C/C=C\C/C=C\C/C=C\C/C=C\C/C=C\CCCCCCCCC(=O)NC(COC1OC(CO)C(OC2OC(CO)C(O)C(O)C2O)C(O)C1O)C(O)/C=C/CCCCCCCCCCCCCCCCCCCCCCCCC. The Labute approximate surface area is 510 Å². The summed E-state index contributed by atoms with van der Waals surface area (Å²) >= 11 is 0. The lowest BCUT2D eigenvalue weighted by atomic mass is 9.97. The third-order valence-electron chi connectivity index (χ3n) is 16.1. The molecule has 0 bridgehead atoms. The predicted molar refractivity (Wildman–Crippen MR) is 341 cm³/mol. The largest absolute Gasteiger partial charge is 0.394 e. The van der Waals surface area contributed by atoms with Crippen molar-refractivity contribution in [2.24, 2.45) is 0 Å². The normalized spacial score (nSPS) is 24.2. The van der Waals surface area contributed by atoms with Gasteiger partial charge in [0.05, 0.1) is 32.0 Å². The molecular formula is C70H123NO13. The zero-order valence-corrected chi connectivity index (χ0v) is 52.6. The van der Waals surface area contributed by atoms with Crippen molar-refractivity contribution in [1.82, 2.24) is 5.32 Å². The zero-order chi connectivity index (χ0) is 60.9. The van der Waals surface area contributed by atoms with Crippen LogP contribution in [0.3, 0.4) is 0 Å². The second-order valence-corrected chi connectivity index (χ2v) is 23.6. The van der Waals surface area contributed by atoms with E-state index in [0.29, 0.717) is 6.42 Å². The Bertz CT molecular complexity index is 1730. The second-order valence-electron chi connectivity index (χ2n) is 23.6. The minimum Gasteiger partial charge on any atom is -0.394 e. The summed E-state index contributed by atoms with van der Waals surface area (Å²) in [5.74, 6) is -0.255. The van der Waals surface area contributed by atoms with E-state index < -0.39 is 86.8 Å². The number of allylic oxidation sites excluding steroid dienone is 13. The number of nitrogens with one attached hydrogen (secondary N) is 1. The fraction of sp³-hybridized carbons (Fsp3) is 0.786. The third-order valence-corrected chi connectivity index (χ3v) is 16.1. The molecule has 14 nitrogen and oxygen atoms in total. The van der Waals surface area contributed by atoms with E-state index in [1.165, 1.54) is 135 Å². The van der Waals surface area contributed by atoms with Crippen molar-refractivity contribution in [3.63, 3.8) is 0 Å². The van der Waals surface area contributed by atoms with Gasteiger partial charge in [-0.05, 0) is 70.6 Å². The molecule has 0 aromatic heterocycles. The quantitative estimate of drug-likeness (QED) is 0.0204. The van der Waals surface area contributed by atoms with Gasteiger partial charge in [-0.1, -0.05) is 266 Å². The number of ether oxygens (including phenoxy) is 4. The number of hydrogen-bond donors (Lipinski definition) is 9. The molecule has 2 fully saturated rings. The second kappa shape index (κ2) is 54.3. The molecule has 12 unspecified atom stereocenters. The van der Waals surface area contributed by atoms with Gasteiger partial charge in [0.1, 0.15) is 48.8 Å². The van der Waals surface area contributed by atoms with Gasteiger partial charge in [0.25, 0.3) is 0 Å². The fourth-order valence-corrected chi connectivity index (χ4v) is 10.7. The number of unbranched alkanes of at least 4 members (excludes halogenated alkanes) is 29. The highest BCUT2D eigenvalue weighted by Crippen LogP contribution is 2.30. The first kappa shape index (κ1) is 77.3. The van der Waals surface area contributed by atoms with Gasteiger partial charge in [-0.25, -0.2) is 0 Å². The Morgan fingerprint density at radius 2 is 0.821 bits per heavy atom. The van der Waals surface area contributed by atoms with Crippen LogP contribution in [0.5, 0.6) is 0 Å². The number of aliphatic hydroxyl groups is 8. The summed E-state index contributed by atoms with van der Waals surface area (Å²) in [4.78, 5) is 13.3. The van der Waals surface area contributed by atoms with Gasteiger partial charge < -0.3 is 65.1 Å². The summed E-state index contributed by atoms with van der Waals surface area (Å²) in [5, 5.41) is 87.4. The van der Waals surface area contributed by atoms with Gasteiger partial charge in [0.15, 0.2) is 12.6 Å². The lowest BCUT2D eigenvalue weighted by molar-refractivity contribution is -0.359. The van der Waals surface area contributed by atoms with Gasteiger partial charge in [-0.2, -0.15) is 0 Å². The molecule has 2 saturated heterocycles. The van der Waals surface area contributed by atoms with Crippen LogP contribution in [0.1, 0.15) is 258 Å². The minimum atomic E-state index is -1.79. The Morgan fingerprint density at radius 3 is 1.26 bits per heavy atom. The molecule has 0 aromatic carbocycles. The van der Waals surface area contributed by atoms with Crippen molar-refractivity contribution in [3.8, 4) is 0 Å². The molecule has 12 atom stereocenters. The molecule has 2 rings (SSSR count). The summed E-state index contributed by atoms with van der Waals surface area (Å²) < 4.78 is 22.8. The van der Waals surface area contributed by atoms with Crippen molar-refractivity contribution in [2.75, 3.05) is 19.8 Å². The highest BCUT2D eigenvalue weighted by molar-refractivity contribution is 5.76. The molecule has 1 amide bonds. The van der Waals surface area contributed by atoms with E-state index in [9.17, 15) is 45.6 Å². The first-order chi connectivity index (χ1) is 41.1. The first-order valence-electron chi connectivity index (χ1n) is 33.8. The van der Waals surface area contributed by atoms with Crippen LogP contribution >= 0.6 is 0 Å². The Balaban J connectivity index is 1.73.